The number of halogens is 5. The van der Waals surface area contributed by atoms with E-state index in [9.17, 15) is 22.0 Å². The standard InChI is InChI=1S/C18H20F5N7/c1-16(19)3-9(4-16)25-14-28-13(11-7-24-8-12(27-11)17(2,20)21)29-15(30-14)26-10-5-18(22,23)6-10/h7-10H,3-6H2,1-2H3,(H2,25,26,28,29,30). The van der Waals surface area contributed by atoms with Crippen molar-refractivity contribution in [3.8, 4) is 11.5 Å². The zero-order chi connectivity index (χ0) is 21.7. The van der Waals surface area contributed by atoms with Gasteiger partial charge in [-0.25, -0.2) is 18.2 Å². The molecule has 0 radical (unpaired) electrons. The number of nitrogens with zero attached hydrogens (tertiary/aromatic N) is 5. The van der Waals surface area contributed by atoms with Crippen LogP contribution >= 0.6 is 0 Å². The fourth-order valence-corrected chi connectivity index (χ4v) is 3.50. The van der Waals surface area contributed by atoms with E-state index in [2.05, 4.69) is 35.6 Å². The van der Waals surface area contributed by atoms with Gasteiger partial charge in [-0.3, -0.25) is 4.98 Å². The summed E-state index contributed by atoms with van der Waals surface area (Å²) in [5, 5.41) is 5.77. The normalized spacial score (nSPS) is 25.9. The topological polar surface area (TPSA) is 88.5 Å². The van der Waals surface area contributed by atoms with Crippen LogP contribution in [-0.4, -0.2) is 48.6 Å². The van der Waals surface area contributed by atoms with Crippen molar-refractivity contribution in [2.75, 3.05) is 10.6 Å². The highest BCUT2D eigenvalue weighted by atomic mass is 19.3. The molecule has 0 aliphatic heterocycles. The molecule has 2 aromatic rings. The van der Waals surface area contributed by atoms with E-state index in [0.29, 0.717) is 6.92 Å². The molecule has 2 fully saturated rings. The summed E-state index contributed by atoms with van der Waals surface area (Å²) in [5.74, 6) is -5.93. The van der Waals surface area contributed by atoms with E-state index in [1.165, 1.54) is 13.1 Å². The number of hydrogen-bond donors (Lipinski definition) is 2. The van der Waals surface area contributed by atoms with Crippen molar-refractivity contribution in [2.24, 2.45) is 0 Å². The van der Waals surface area contributed by atoms with Crippen LogP contribution in [0.3, 0.4) is 0 Å². The van der Waals surface area contributed by atoms with Crippen molar-refractivity contribution in [3.63, 3.8) is 0 Å². The molecular formula is C18H20F5N7. The lowest BCUT2D eigenvalue weighted by atomic mass is 9.79. The third-order valence-electron chi connectivity index (χ3n) is 5.05. The first-order valence-corrected chi connectivity index (χ1v) is 9.45. The molecule has 12 heteroatoms. The fourth-order valence-electron chi connectivity index (χ4n) is 3.50. The molecule has 2 saturated carbocycles. The Bertz CT molecular complexity index is 887. The van der Waals surface area contributed by atoms with E-state index in [4.69, 9.17) is 0 Å². The maximum absolute atomic E-state index is 13.8. The smallest absolute Gasteiger partial charge is 0.288 e. The van der Waals surface area contributed by atoms with Crippen LogP contribution in [0.2, 0.25) is 0 Å². The molecular weight excluding hydrogens is 409 g/mol. The quantitative estimate of drug-likeness (QED) is 0.672. The molecule has 2 N–H and O–H groups in total. The Labute approximate surface area is 169 Å². The van der Waals surface area contributed by atoms with Crippen molar-refractivity contribution in [3.05, 3.63) is 18.1 Å². The summed E-state index contributed by atoms with van der Waals surface area (Å²) in [7, 11) is 0. The van der Waals surface area contributed by atoms with Gasteiger partial charge in [-0.2, -0.15) is 23.7 Å². The summed E-state index contributed by atoms with van der Waals surface area (Å²) in [6.45, 7) is 2.18. The molecule has 0 amide bonds. The maximum Gasteiger partial charge on any atom is 0.288 e. The summed E-state index contributed by atoms with van der Waals surface area (Å²) in [6, 6.07) is -0.744. The minimum atomic E-state index is -3.22. The second-order valence-electron chi connectivity index (χ2n) is 8.25. The first kappa shape index (κ1) is 20.6. The summed E-state index contributed by atoms with van der Waals surface area (Å²) in [5.41, 5.74) is -1.86. The molecule has 0 unspecified atom stereocenters. The Morgan fingerprint density at radius 2 is 1.47 bits per heavy atom. The van der Waals surface area contributed by atoms with Gasteiger partial charge < -0.3 is 10.6 Å². The van der Waals surface area contributed by atoms with Crippen LogP contribution in [0.4, 0.5) is 33.8 Å². The molecule has 0 atom stereocenters. The van der Waals surface area contributed by atoms with Crippen LogP contribution in [-0.2, 0) is 5.92 Å². The van der Waals surface area contributed by atoms with Gasteiger partial charge in [0.25, 0.3) is 11.8 Å². The third kappa shape index (κ3) is 4.57. The van der Waals surface area contributed by atoms with Gasteiger partial charge in [0.15, 0.2) is 5.82 Å². The average molecular weight is 429 g/mol. The lowest BCUT2D eigenvalue weighted by molar-refractivity contribution is -0.0794. The van der Waals surface area contributed by atoms with E-state index in [-0.39, 0.29) is 55.1 Å². The molecule has 4 rings (SSSR count). The van der Waals surface area contributed by atoms with Gasteiger partial charge >= 0.3 is 0 Å². The van der Waals surface area contributed by atoms with Gasteiger partial charge in [0.05, 0.1) is 12.4 Å². The minimum Gasteiger partial charge on any atom is -0.351 e. The lowest BCUT2D eigenvalue weighted by Crippen LogP contribution is -2.46. The summed E-state index contributed by atoms with van der Waals surface area (Å²) in [4.78, 5) is 20.1. The van der Waals surface area contributed by atoms with Gasteiger partial charge in [0.1, 0.15) is 17.1 Å². The second kappa shape index (κ2) is 6.95. The highest BCUT2D eigenvalue weighted by Gasteiger charge is 2.46. The molecule has 7 nitrogen and oxygen atoms in total. The van der Waals surface area contributed by atoms with Crippen molar-refractivity contribution in [2.45, 2.75) is 69.1 Å². The lowest BCUT2D eigenvalue weighted by Gasteiger charge is -2.39. The monoisotopic (exact) mass is 429 g/mol. The van der Waals surface area contributed by atoms with E-state index in [1.54, 1.807) is 0 Å². The Morgan fingerprint density at radius 3 is 1.97 bits per heavy atom. The van der Waals surface area contributed by atoms with Gasteiger partial charge in [-0.1, -0.05) is 0 Å². The zero-order valence-corrected chi connectivity index (χ0v) is 16.3. The van der Waals surface area contributed by atoms with E-state index in [0.717, 1.165) is 6.20 Å². The molecule has 0 bridgehead atoms. The molecule has 2 aromatic heterocycles. The number of aromatic nitrogens is 5. The zero-order valence-electron chi connectivity index (χ0n) is 16.3. The van der Waals surface area contributed by atoms with Crippen molar-refractivity contribution in [1.29, 1.82) is 0 Å². The van der Waals surface area contributed by atoms with Crippen molar-refractivity contribution >= 4 is 11.9 Å². The van der Waals surface area contributed by atoms with Crippen LogP contribution in [0.1, 0.15) is 45.2 Å². The summed E-state index contributed by atoms with van der Waals surface area (Å²) in [6.07, 6.45) is 1.94. The predicted molar refractivity (Wildman–Crippen MR) is 98.2 cm³/mol. The van der Waals surface area contributed by atoms with Gasteiger partial charge in [-0.15, -0.1) is 0 Å². The molecule has 2 aliphatic carbocycles. The summed E-state index contributed by atoms with van der Waals surface area (Å²) < 4.78 is 67.3. The highest BCUT2D eigenvalue weighted by Crippen LogP contribution is 2.39. The number of nitrogens with one attached hydrogen (secondary N) is 2. The molecule has 162 valence electrons. The predicted octanol–water partition coefficient (Wildman–Crippen LogP) is 3.95. The van der Waals surface area contributed by atoms with Crippen LogP contribution in [0.15, 0.2) is 12.4 Å². The Hall–Kier alpha value is -2.66. The molecule has 0 aromatic carbocycles. The number of hydrogen-bond acceptors (Lipinski definition) is 7. The largest absolute Gasteiger partial charge is 0.351 e. The van der Waals surface area contributed by atoms with Gasteiger partial charge in [0.2, 0.25) is 11.9 Å². The van der Waals surface area contributed by atoms with Crippen LogP contribution in [0.5, 0.6) is 0 Å². The summed E-state index contributed by atoms with van der Waals surface area (Å²) >= 11 is 0. The van der Waals surface area contributed by atoms with Crippen molar-refractivity contribution in [1.82, 2.24) is 24.9 Å². The van der Waals surface area contributed by atoms with Crippen LogP contribution in [0, 0.1) is 0 Å². The number of anilines is 2. The maximum atomic E-state index is 13.8. The number of alkyl halides is 5. The SMILES string of the molecule is CC1(F)CC(Nc2nc(NC3CC(F)(F)C3)nc(-c3cncc(C(C)(F)F)n3)n2)C1. The van der Waals surface area contributed by atoms with Gasteiger partial charge in [-0.05, 0) is 6.92 Å². The minimum absolute atomic E-state index is 0.000736. The van der Waals surface area contributed by atoms with Crippen LogP contribution < -0.4 is 10.6 Å². The van der Waals surface area contributed by atoms with Crippen LogP contribution in [0.25, 0.3) is 11.5 Å². The Balaban J connectivity index is 1.61. The Kier molecular flexibility index (Phi) is 4.77. The molecule has 0 saturated heterocycles. The van der Waals surface area contributed by atoms with Gasteiger partial charge in [0, 0.05) is 44.7 Å². The van der Waals surface area contributed by atoms with Crippen molar-refractivity contribution < 1.29 is 22.0 Å². The second-order valence-corrected chi connectivity index (χ2v) is 8.25. The molecule has 2 aliphatic rings. The molecule has 0 spiro atoms. The molecule has 30 heavy (non-hydrogen) atoms. The van der Waals surface area contributed by atoms with E-state index < -0.39 is 29.2 Å². The Morgan fingerprint density at radius 1 is 0.900 bits per heavy atom. The molecule has 2 heterocycles. The average Bonchev–Trinajstić information content (AvgIpc) is 2.58. The fraction of sp³-hybridized carbons (Fsp3) is 0.611. The van der Waals surface area contributed by atoms with E-state index >= 15 is 0 Å². The first-order valence-electron chi connectivity index (χ1n) is 9.45. The number of rotatable bonds is 6. The third-order valence-corrected chi connectivity index (χ3v) is 5.05. The van der Waals surface area contributed by atoms with E-state index in [1.807, 2.05) is 0 Å². The first-order chi connectivity index (χ1) is 13.9. The highest BCUT2D eigenvalue weighted by molar-refractivity contribution is 5.53.